The number of hydrogen-bond acceptors (Lipinski definition) is 1. The van der Waals surface area contributed by atoms with E-state index in [0.29, 0.717) is 11.7 Å². The molecule has 0 radical (unpaired) electrons. The Morgan fingerprint density at radius 3 is 2.00 bits per heavy atom. The lowest BCUT2D eigenvalue weighted by Gasteiger charge is -2.23. The molecule has 0 bridgehead atoms. The molecule has 0 spiro atoms. The Kier molecular flexibility index (Phi) is 4.19. The first kappa shape index (κ1) is 12.1. The molecule has 2 atom stereocenters. The number of phenolic OH excluding ortho intramolecular Hbond substituents is 1. The van der Waals surface area contributed by atoms with Crippen molar-refractivity contribution in [1.82, 2.24) is 0 Å². The zero-order valence-electron chi connectivity index (χ0n) is 10.2. The predicted octanol–water partition coefficient (Wildman–Crippen LogP) is 3.86. The fourth-order valence-corrected chi connectivity index (χ4v) is 1.85. The normalized spacial score (nSPS) is 15.3. The molecule has 0 amide bonds. The van der Waals surface area contributed by atoms with Crippen molar-refractivity contribution in [3.63, 3.8) is 0 Å². The molecule has 1 N–H and O–H groups in total. The van der Waals surface area contributed by atoms with Crippen LogP contribution in [0.4, 0.5) is 0 Å². The largest absolute Gasteiger partial charge is 0.508 e. The standard InChI is InChI=1S/C14H22O/c1-10(2)12(4)11(3)9-13-5-7-14(15)8-6-13/h5-8,10-12,15H,9H2,1-4H3. The van der Waals surface area contributed by atoms with Gasteiger partial charge in [-0.3, -0.25) is 0 Å². The summed E-state index contributed by atoms with van der Waals surface area (Å²) in [5.74, 6) is 2.51. The van der Waals surface area contributed by atoms with Gasteiger partial charge >= 0.3 is 0 Å². The van der Waals surface area contributed by atoms with Crippen LogP contribution in [0.2, 0.25) is 0 Å². The molecule has 0 aromatic heterocycles. The third-order valence-electron chi connectivity index (χ3n) is 3.44. The molecule has 0 heterocycles. The van der Waals surface area contributed by atoms with Crippen LogP contribution in [0, 0.1) is 17.8 Å². The van der Waals surface area contributed by atoms with E-state index in [-0.39, 0.29) is 0 Å². The van der Waals surface area contributed by atoms with Crippen molar-refractivity contribution in [1.29, 1.82) is 0 Å². The molecule has 1 aromatic rings. The number of rotatable bonds is 4. The fourth-order valence-electron chi connectivity index (χ4n) is 1.85. The molecule has 1 nitrogen and oxygen atoms in total. The van der Waals surface area contributed by atoms with Crippen LogP contribution in [0.25, 0.3) is 0 Å². The Labute approximate surface area is 93.1 Å². The molecule has 0 saturated heterocycles. The van der Waals surface area contributed by atoms with Gasteiger partial charge in [-0.2, -0.15) is 0 Å². The summed E-state index contributed by atoms with van der Waals surface area (Å²) in [6.07, 6.45) is 1.10. The summed E-state index contributed by atoms with van der Waals surface area (Å²) in [4.78, 5) is 0. The number of benzene rings is 1. The maximum Gasteiger partial charge on any atom is 0.115 e. The minimum atomic E-state index is 0.350. The Morgan fingerprint density at radius 1 is 1.00 bits per heavy atom. The maximum atomic E-state index is 9.19. The van der Waals surface area contributed by atoms with E-state index in [2.05, 4.69) is 27.7 Å². The topological polar surface area (TPSA) is 20.2 Å². The van der Waals surface area contributed by atoms with Crippen molar-refractivity contribution in [3.05, 3.63) is 29.8 Å². The van der Waals surface area contributed by atoms with Gasteiger partial charge in [-0.25, -0.2) is 0 Å². The highest BCUT2D eigenvalue weighted by Gasteiger charge is 2.15. The van der Waals surface area contributed by atoms with Crippen molar-refractivity contribution in [2.24, 2.45) is 17.8 Å². The summed E-state index contributed by atoms with van der Waals surface area (Å²) in [5.41, 5.74) is 1.31. The lowest BCUT2D eigenvalue weighted by atomic mass is 9.82. The van der Waals surface area contributed by atoms with Gasteiger partial charge in [-0.15, -0.1) is 0 Å². The second-order valence-electron chi connectivity index (χ2n) is 4.95. The first-order valence-corrected chi connectivity index (χ1v) is 5.78. The summed E-state index contributed by atoms with van der Waals surface area (Å²) in [6.45, 7) is 9.17. The number of aromatic hydroxyl groups is 1. The molecule has 1 aromatic carbocycles. The van der Waals surface area contributed by atoms with Gasteiger partial charge in [0, 0.05) is 0 Å². The highest BCUT2D eigenvalue weighted by atomic mass is 16.3. The zero-order chi connectivity index (χ0) is 11.4. The van der Waals surface area contributed by atoms with Crippen LogP contribution in [0.15, 0.2) is 24.3 Å². The number of hydrogen-bond donors (Lipinski definition) is 1. The summed E-state index contributed by atoms with van der Waals surface area (Å²) >= 11 is 0. The van der Waals surface area contributed by atoms with Crippen molar-refractivity contribution in [2.75, 3.05) is 0 Å². The van der Waals surface area contributed by atoms with E-state index >= 15 is 0 Å². The molecule has 0 saturated carbocycles. The average molecular weight is 206 g/mol. The monoisotopic (exact) mass is 206 g/mol. The van der Waals surface area contributed by atoms with Crippen molar-refractivity contribution < 1.29 is 5.11 Å². The van der Waals surface area contributed by atoms with Crippen LogP contribution in [0.3, 0.4) is 0 Å². The summed E-state index contributed by atoms with van der Waals surface area (Å²) in [5, 5.41) is 9.19. The van der Waals surface area contributed by atoms with Crippen molar-refractivity contribution >= 4 is 0 Å². The van der Waals surface area contributed by atoms with Crippen molar-refractivity contribution in [2.45, 2.75) is 34.1 Å². The molecular formula is C14H22O. The van der Waals surface area contributed by atoms with Gasteiger partial charge in [-0.1, -0.05) is 39.8 Å². The van der Waals surface area contributed by atoms with E-state index in [1.54, 1.807) is 12.1 Å². The minimum Gasteiger partial charge on any atom is -0.508 e. The van der Waals surface area contributed by atoms with Gasteiger partial charge in [0.1, 0.15) is 5.75 Å². The third-order valence-corrected chi connectivity index (χ3v) is 3.44. The van der Waals surface area contributed by atoms with Gasteiger partial charge in [-0.05, 0) is 41.9 Å². The van der Waals surface area contributed by atoms with Gasteiger partial charge in [0.2, 0.25) is 0 Å². The summed E-state index contributed by atoms with van der Waals surface area (Å²) in [6, 6.07) is 7.56. The molecule has 0 aliphatic carbocycles. The van der Waals surface area contributed by atoms with Gasteiger partial charge in [0.25, 0.3) is 0 Å². The van der Waals surface area contributed by atoms with Gasteiger partial charge in [0.15, 0.2) is 0 Å². The fraction of sp³-hybridized carbons (Fsp3) is 0.571. The Morgan fingerprint density at radius 2 is 1.53 bits per heavy atom. The molecule has 0 aliphatic heterocycles. The highest BCUT2D eigenvalue weighted by Crippen LogP contribution is 2.24. The maximum absolute atomic E-state index is 9.19. The van der Waals surface area contributed by atoms with Crippen LogP contribution in [0.1, 0.15) is 33.3 Å². The molecule has 1 rings (SSSR count). The van der Waals surface area contributed by atoms with E-state index in [4.69, 9.17) is 0 Å². The minimum absolute atomic E-state index is 0.350. The van der Waals surface area contributed by atoms with E-state index in [1.165, 1.54) is 5.56 Å². The van der Waals surface area contributed by atoms with E-state index in [0.717, 1.165) is 18.3 Å². The van der Waals surface area contributed by atoms with Crippen LogP contribution >= 0.6 is 0 Å². The smallest absolute Gasteiger partial charge is 0.115 e. The number of phenols is 1. The first-order chi connectivity index (χ1) is 7.00. The van der Waals surface area contributed by atoms with Crippen molar-refractivity contribution in [3.8, 4) is 5.75 Å². The molecule has 15 heavy (non-hydrogen) atoms. The molecule has 1 heteroatoms. The van der Waals surface area contributed by atoms with E-state index < -0.39 is 0 Å². The van der Waals surface area contributed by atoms with Crippen LogP contribution in [-0.4, -0.2) is 5.11 Å². The Bertz CT molecular complexity index is 287. The molecule has 0 fully saturated rings. The molecule has 2 unspecified atom stereocenters. The van der Waals surface area contributed by atoms with Gasteiger partial charge in [0.05, 0.1) is 0 Å². The zero-order valence-corrected chi connectivity index (χ0v) is 10.2. The molecule has 0 aliphatic rings. The second kappa shape index (κ2) is 5.20. The van der Waals surface area contributed by atoms with Crippen LogP contribution < -0.4 is 0 Å². The third kappa shape index (κ3) is 3.58. The van der Waals surface area contributed by atoms with E-state index in [1.807, 2.05) is 12.1 Å². The van der Waals surface area contributed by atoms with E-state index in [9.17, 15) is 5.11 Å². The Balaban J connectivity index is 2.58. The molecule has 84 valence electrons. The van der Waals surface area contributed by atoms with Crippen LogP contribution in [-0.2, 0) is 6.42 Å². The lowest BCUT2D eigenvalue weighted by Crippen LogP contribution is -2.16. The predicted molar refractivity (Wildman–Crippen MR) is 65.0 cm³/mol. The first-order valence-electron chi connectivity index (χ1n) is 5.78. The van der Waals surface area contributed by atoms with Gasteiger partial charge < -0.3 is 5.11 Å². The molecular weight excluding hydrogens is 184 g/mol. The SMILES string of the molecule is CC(C)C(C)C(C)Cc1ccc(O)cc1. The highest BCUT2D eigenvalue weighted by molar-refractivity contribution is 5.26. The summed E-state index contributed by atoms with van der Waals surface area (Å²) < 4.78 is 0. The lowest BCUT2D eigenvalue weighted by molar-refractivity contribution is 0.295. The average Bonchev–Trinajstić information content (AvgIpc) is 2.20. The van der Waals surface area contributed by atoms with Crippen LogP contribution in [0.5, 0.6) is 5.75 Å². The Hall–Kier alpha value is -0.980. The summed E-state index contributed by atoms with van der Waals surface area (Å²) in [7, 11) is 0. The second-order valence-corrected chi connectivity index (χ2v) is 4.95. The quantitative estimate of drug-likeness (QED) is 0.793.